The van der Waals surface area contributed by atoms with Gasteiger partial charge in [-0.3, -0.25) is 4.79 Å². The van der Waals surface area contributed by atoms with Crippen molar-refractivity contribution in [2.45, 2.75) is 25.8 Å². The van der Waals surface area contributed by atoms with Gasteiger partial charge < -0.3 is 11.5 Å². The van der Waals surface area contributed by atoms with Crippen LogP contribution in [0.2, 0.25) is 0 Å². The maximum absolute atomic E-state index is 11.6. The van der Waals surface area contributed by atoms with Gasteiger partial charge in [0.05, 0.1) is 0 Å². The van der Waals surface area contributed by atoms with Crippen LogP contribution >= 0.6 is 11.8 Å². The molecule has 4 heteroatoms. The lowest BCUT2D eigenvalue weighted by Crippen LogP contribution is -2.49. The monoisotopic (exact) mass is 266 g/mol. The van der Waals surface area contributed by atoms with Crippen LogP contribution in [0.3, 0.4) is 0 Å². The second-order valence-electron chi connectivity index (χ2n) is 4.92. The molecule has 100 valence electrons. The summed E-state index contributed by atoms with van der Waals surface area (Å²) < 4.78 is 0. The Kier molecular flexibility index (Phi) is 5.69. The van der Waals surface area contributed by atoms with Gasteiger partial charge in [-0.2, -0.15) is 11.8 Å². The molecular formula is C14H22N2OS. The number of nitrogens with two attached hydrogens (primary N) is 2. The fourth-order valence-electron chi connectivity index (χ4n) is 1.70. The minimum absolute atomic E-state index is 0.459. The first-order valence-corrected chi connectivity index (χ1v) is 7.34. The van der Waals surface area contributed by atoms with Crippen LogP contribution in [0.5, 0.6) is 0 Å². The van der Waals surface area contributed by atoms with Crippen molar-refractivity contribution in [3.63, 3.8) is 0 Å². The van der Waals surface area contributed by atoms with E-state index in [1.54, 1.807) is 0 Å². The predicted molar refractivity (Wildman–Crippen MR) is 78.3 cm³/mol. The highest BCUT2D eigenvalue weighted by atomic mass is 32.2. The number of amides is 1. The topological polar surface area (TPSA) is 69.1 Å². The van der Waals surface area contributed by atoms with Gasteiger partial charge in [0.1, 0.15) is 5.54 Å². The van der Waals surface area contributed by atoms with Crippen LogP contribution in [-0.2, 0) is 10.3 Å². The molecule has 4 N–H and O–H groups in total. The molecule has 0 spiro atoms. The molecule has 1 aromatic rings. The third-order valence-electron chi connectivity index (χ3n) is 2.82. The number of thioether (sulfide) groups is 1. The molecule has 18 heavy (non-hydrogen) atoms. The summed E-state index contributed by atoms with van der Waals surface area (Å²) in [4.78, 5) is 11.6. The Morgan fingerprint density at radius 2 is 1.94 bits per heavy atom. The van der Waals surface area contributed by atoms with Crippen LogP contribution < -0.4 is 11.5 Å². The van der Waals surface area contributed by atoms with Crippen LogP contribution in [-0.4, -0.2) is 17.4 Å². The summed E-state index contributed by atoms with van der Waals surface area (Å²) in [6.45, 7) is 4.35. The molecule has 0 heterocycles. The predicted octanol–water partition coefficient (Wildman–Crippen LogP) is 2.11. The van der Waals surface area contributed by atoms with Gasteiger partial charge in [0.25, 0.3) is 0 Å². The van der Waals surface area contributed by atoms with E-state index in [0.717, 1.165) is 17.1 Å². The molecule has 1 atom stereocenters. The van der Waals surface area contributed by atoms with Crippen molar-refractivity contribution in [1.29, 1.82) is 0 Å². The van der Waals surface area contributed by atoms with E-state index in [2.05, 4.69) is 13.8 Å². The summed E-state index contributed by atoms with van der Waals surface area (Å²) in [7, 11) is 0. The van der Waals surface area contributed by atoms with Crippen molar-refractivity contribution in [3.05, 3.63) is 35.9 Å². The molecule has 0 aromatic heterocycles. The molecule has 0 radical (unpaired) electrons. The minimum Gasteiger partial charge on any atom is -0.368 e. The zero-order valence-corrected chi connectivity index (χ0v) is 11.9. The summed E-state index contributed by atoms with van der Waals surface area (Å²) >= 11 is 1.81. The fraction of sp³-hybridized carbons (Fsp3) is 0.500. The minimum atomic E-state index is -1.05. The molecular weight excluding hydrogens is 244 g/mol. The summed E-state index contributed by atoms with van der Waals surface area (Å²) in [5, 5.41) is 0. The molecule has 1 unspecified atom stereocenters. The molecule has 0 saturated carbocycles. The maximum atomic E-state index is 11.6. The van der Waals surface area contributed by atoms with E-state index in [9.17, 15) is 4.79 Å². The molecule has 0 fully saturated rings. The summed E-state index contributed by atoms with van der Waals surface area (Å²) in [5.74, 6) is 2.10. The smallest absolute Gasteiger partial charge is 0.242 e. The highest BCUT2D eigenvalue weighted by Gasteiger charge is 2.33. The first-order chi connectivity index (χ1) is 8.47. The van der Waals surface area contributed by atoms with Crippen LogP contribution in [0.4, 0.5) is 0 Å². The average Bonchev–Trinajstić information content (AvgIpc) is 2.35. The van der Waals surface area contributed by atoms with Crippen LogP contribution in [0.1, 0.15) is 25.8 Å². The van der Waals surface area contributed by atoms with E-state index in [4.69, 9.17) is 11.5 Å². The number of hydrogen-bond acceptors (Lipinski definition) is 3. The normalized spacial score (nSPS) is 14.4. The van der Waals surface area contributed by atoms with Gasteiger partial charge in [-0.05, 0) is 29.4 Å². The number of rotatable bonds is 7. The highest BCUT2D eigenvalue weighted by Crippen LogP contribution is 2.24. The Morgan fingerprint density at radius 1 is 1.33 bits per heavy atom. The zero-order valence-electron chi connectivity index (χ0n) is 11.1. The number of benzene rings is 1. The maximum Gasteiger partial charge on any atom is 0.242 e. The Balaban J connectivity index is 2.67. The van der Waals surface area contributed by atoms with Gasteiger partial charge in [-0.15, -0.1) is 0 Å². The fourth-order valence-corrected chi connectivity index (χ4v) is 2.80. The number of hydrogen-bond donors (Lipinski definition) is 2. The Morgan fingerprint density at radius 3 is 2.44 bits per heavy atom. The molecule has 3 nitrogen and oxygen atoms in total. The van der Waals surface area contributed by atoms with Gasteiger partial charge in [0.2, 0.25) is 5.91 Å². The first-order valence-electron chi connectivity index (χ1n) is 6.19. The highest BCUT2D eigenvalue weighted by molar-refractivity contribution is 7.99. The lowest BCUT2D eigenvalue weighted by molar-refractivity contribution is -0.123. The first kappa shape index (κ1) is 15.1. The molecule has 0 bridgehead atoms. The standard InChI is InChI=1S/C14H22N2OS/c1-11(2)10-18-9-8-14(16,13(15)17)12-6-4-3-5-7-12/h3-7,11H,8-10,16H2,1-2H3,(H2,15,17). The summed E-state index contributed by atoms with van der Waals surface area (Å²) in [6.07, 6.45) is 0.573. The van der Waals surface area contributed by atoms with E-state index in [0.29, 0.717) is 12.3 Å². The second-order valence-corrected chi connectivity index (χ2v) is 6.07. The Labute approximate surface area is 113 Å². The largest absolute Gasteiger partial charge is 0.368 e. The van der Waals surface area contributed by atoms with E-state index < -0.39 is 11.4 Å². The second kappa shape index (κ2) is 6.81. The molecule has 0 saturated heterocycles. The van der Waals surface area contributed by atoms with Crippen molar-refractivity contribution in [2.24, 2.45) is 17.4 Å². The molecule has 1 rings (SSSR count). The molecule has 1 amide bonds. The van der Waals surface area contributed by atoms with Crippen molar-refractivity contribution in [1.82, 2.24) is 0 Å². The van der Waals surface area contributed by atoms with Crippen LogP contribution in [0, 0.1) is 5.92 Å². The SMILES string of the molecule is CC(C)CSCCC(N)(C(N)=O)c1ccccc1. The van der Waals surface area contributed by atoms with Gasteiger partial charge in [-0.1, -0.05) is 44.2 Å². The van der Waals surface area contributed by atoms with Crippen LogP contribution in [0.15, 0.2) is 30.3 Å². The quantitative estimate of drug-likeness (QED) is 0.743. The van der Waals surface area contributed by atoms with Crippen molar-refractivity contribution >= 4 is 17.7 Å². The third-order valence-corrected chi connectivity index (χ3v) is 4.22. The lowest BCUT2D eigenvalue weighted by Gasteiger charge is -2.26. The summed E-state index contributed by atoms with van der Waals surface area (Å²) in [6, 6.07) is 9.37. The van der Waals surface area contributed by atoms with Gasteiger partial charge in [0, 0.05) is 0 Å². The Bertz CT molecular complexity index is 381. The van der Waals surface area contributed by atoms with E-state index >= 15 is 0 Å². The van der Waals surface area contributed by atoms with Gasteiger partial charge in [0.15, 0.2) is 0 Å². The zero-order chi connectivity index (χ0) is 13.6. The molecule has 1 aromatic carbocycles. The average molecular weight is 266 g/mol. The van der Waals surface area contributed by atoms with E-state index in [1.807, 2.05) is 42.1 Å². The van der Waals surface area contributed by atoms with Crippen molar-refractivity contribution < 1.29 is 4.79 Å². The summed E-state index contributed by atoms with van der Waals surface area (Å²) in [5.41, 5.74) is 11.4. The Hall–Kier alpha value is -1.00. The number of carbonyl (C=O) groups is 1. The molecule has 0 aliphatic heterocycles. The molecule has 0 aliphatic rings. The van der Waals surface area contributed by atoms with Crippen molar-refractivity contribution in [3.8, 4) is 0 Å². The van der Waals surface area contributed by atoms with Gasteiger partial charge >= 0.3 is 0 Å². The number of primary amides is 1. The van der Waals surface area contributed by atoms with Crippen LogP contribution in [0.25, 0.3) is 0 Å². The van der Waals surface area contributed by atoms with E-state index in [1.165, 1.54) is 0 Å². The van der Waals surface area contributed by atoms with E-state index in [-0.39, 0.29) is 0 Å². The lowest BCUT2D eigenvalue weighted by atomic mass is 9.88. The number of carbonyl (C=O) groups excluding carboxylic acids is 1. The van der Waals surface area contributed by atoms with Gasteiger partial charge in [-0.25, -0.2) is 0 Å². The van der Waals surface area contributed by atoms with Crippen molar-refractivity contribution in [2.75, 3.05) is 11.5 Å². The molecule has 0 aliphatic carbocycles. The third kappa shape index (κ3) is 4.03.